The van der Waals surface area contributed by atoms with Crippen molar-refractivity contribution in [2.24, 2.45) is 0 Å². The van der Waals surface area contributed by atoms with Gasteiger partial charge in [0, 0.05) is 0 Å². The minimum Gasteiger partial charge on any atom is -0.137 e. The summed E-state index contributed by atoms with van der Waals surface area (Å²) in [5, 5.41) is 3.90. The molecule has 1 aromatic heterocycles. The standard InChI is InChI=1S/C6H6S2/c1-2-7-6-4-3-5-8-6/h2-5H,1H2. The van der Waals surface area contributed by atoms with Crippen molar-refractivity contribution in [3.8, 4) is 0 Å². The first-order valence-corrected chi connectivity index (χ1v) is 4.00. The number of hydrogen-bond donors (Lipinski definition) is 0. The third-order valence-corrected chi connectivity index (χ3v) is 2.47. The van der Waals surface area contributed by atoms with Gasteiger partial charge >= 0.3 is 0 Å². The molecule has 0 aliphatic heterocycles. The number of thiophene rings is 1. The third-order valence-electron chi connectivity index (χ3n) is 0.695. The van der Waals surface area contributed by atoms with Crippen molar-refractivity contribution in [3.05, 3.63) is 29.5 Å². The fourth-order valence-electron chi connectivity index (χ4n) is 0.413. The average Bonchev–Trinajstić information content (AvgIpc) is 2.19. The predicted octanol–water partition coefficient (Wildman–Crippen LogP) is 2.98. The summed E-state index contributed by atoms with van der Waals surface area (Å²) in [5.41, 5.74) is 0. The molecule has 0 fully saturated rings. The molecule has 0 bridgehead atoms. The summed E-state index contributed by atoms with van der Waals surface area (Å²) in [5.74, 6) is 0. The predicted molar refractivity (Wildman–Crippen MR) is 40.4 cm³/mol. The van der Waals surface area contributed by atoms with Gasteiger partial charge in [-0.2, -0.15) is 0 Å². The highest BCUT2D eigenvalue weighted by atomic mass is 32.2. The molecule has 0 spiro atoms. The molecule has 0 atom stereocenters. The number of rotatable bonds is 2. The summed E-state index contributed by atoms with van der Waals surface area (Å²) < 4.78 is 1.31. The molecule has 2 heteroatoms. The zero-order valence-corrected chi connectivity index (χ0v) is 5.97. The molecule has 0 unspecified atom stereocenters. The number of hydrogen-bond acceptors (Lipinski definition) is 2. The van der Waals surface area contributed by atoms with Crippen molar-refractivity contribution in [1.82, 2.24) is 0 Å². The summed E-state index contributed by atoms with van der Waals surface area (Å²) in [6, 6.07) is 4.12. The van der Waals surface area contributed by atoms with Gasteiger partial charge in [-0.1, -0.05) is 24.4 Å². The molecule has 0 aromatic carbocycles. The SMILES string of the molecule is C=CSc1cccs1. The van der Waals surface area contributed by atoms with Crippen molar-refractivity contribution < 1.29 is 0 Å². The van der Waals surface area contributed by atoms with Crippen LogP contribution in [0.1, 0.15) is 0 Å². The highest BCUT2D eigenvalue weighted by Crippen LogP contribution is 2.23. The van der Waals surface area contributed by atoms with E-state index in [1.807, 2.05) is 11.5 Å². The average molecular weight is 142 g/mol. The maximum Gasteiger partial charge on any atom is 0.0640 e. The quantitative estimate of drug-likeness (QED) is 0.572. The molecule has 0 radical (unpaired) electrons. The molecule has 0 saturated carbocycles. The summed E-state index contributed by atoms with van der Waals surface area (Å²) in [4.78, 5) is 0. The fourth-order valence-corrected chi connectivity index (χ4v) is 1.78. The Hall–Kier alpha value is -0.210. The van der Waals surface area contributed by atoms with E-state index in [9.17, 15) is 0 Å². The van der Waals surface area contributed by atoms with Crippen LogP contribution < -0.4 is 0 Å². The molecule has 0 aliphatic carbocycles. The topological polar surface area (TPSA) is 0 Å². The van der Waals surface area contributed by atoms with Crippen LogP contribution in [-0.4, -0.2) is 0 Å². The van der Waals surface area contributed by atoms with Gasteiger partial charge in [-0.05, 0) is 16.9 Å². The van der Waals surface area contributed by atoms with E-state index in [0.29, 0.717) is 0 Å². The molecule has 42 valence electrons. The van der Waals surface area contributed by atoms with Crippen LogP contribution in [0.3, 0.4) is 0 Å². The lowest BCUT2D eigenvalue weighted by Gasteiger charge is -1.81. The third kappa shape index (κ3) is 1.39. The minimum absolute atomic E-state index is 1.31. The van der Waals surface area contributed by atoms with Crippen LogP contribution in [0.25, 0.3) is 0 Å². The molecule has 1 aromatic rings. The number of thioether (sulfide) groups is 1. The molecule has 8 heavy (non-hydrogen) atoms. The molecule has 1 rings (SSSR count). The normalized spacial score (nSPS) is 9.00. The van der Waals surface area contributed by atoms with Gasteiger partial charge in [0.1, 0.15) is 0 Å². The Kier molecular flexibility index (Phi) is 2.18. The van der Waals surface area contributed by atoms with Gasteiger partial charge in [-0.15, -0.1) is 11.3 Å². The summed E-state index contributed by atoms with van der Waals surface area (Å²) in [6.07, 6.45) is 0. The molecule has 1 heterocycles. The Morgan fingerprint density at radius 2 is 2.62 bits per heavy atom. The van der Waals surface area contributed by atoms with Gasteiger partial charge in [0.15, 0.2) is 0 Å². The second-order valence-electron chi connectivity index (χ2n) is 1.22. The van der Waals surface area contributed by atoms with E-state index < -0.39 is 0 Å². The van der Waals surface area contributed by atoms with Crippen LogP contribution in [0.15, 0.2) is 33.7 Å². The Balaban J connectivity index is 2.62. The van der Waals surface area contributed by atoms with Gasteiger partial charge in [0.05, 0.1) is 4.21 Å². The Morgan fingerprint density at radius 3 is 3.12 bits per heavy atom. The van der Waals surface area contributed by atoms with Crippen LogP contribution in [0.4, 0.5) is 0 Å². The lowest BCUT2D eigenvalue weighted by atomic mass is 10.7. The van der Waals surface area contributed by atoms with Crippen LogP contribution in [0, 0.1) is 0 Å². The molecule has 0 amide bonds. The van der Waals surface area contributed by atoms with E-state index in [1.54, 1.807) is 23.1 Å². The molecular formula is C6H6S2. The van der Waals surface area contributed by atoms with Gasteiger partial charge < -0.3 is 0 Å². The lowest BCUT2D eigenvalue weighted by molar-refractivity contribution is 1.75. The van der Waals surface area contributed by atoms with E-state index in [2.05, 4.69) is 18.0 Å². The summed E-state index contributed by atoms with van der Waals surface area (Å²) in [6.45, 7) is 3.61. The van der Waals surface area contributed by atoms with Crippen molar-refractivity contribution in [1.29, 1.82) is 0 Å². The Labute approximate surface area is 57.2 Å². The molecule has 0 nitrogen and oxygen atoms in total. The summed E-state index contributed by atoms with van der Waals surface area (Å²) >= 11 is 3.40. The highest BCUT2D eigenvalue weighted by molar-refractivity contribution is 8.03. The largest absolute Gasteiger partial charge is 0.137 e. The second kappa shape index (κ2) is 2.95. The van der Waals surface area contributed by atoms with Gasteiger partial charge in [-0.3, -0.25) is 0 Å². The van der Waals surface area contributed by atoms with E-state index in [0.717, 1.165) is 0 Å². The highest BCUT2D eigenvalue weighted by Gasteiger charge is 1.85. The summed E-state index contributed by atoms with van der Waals surface area (Å²) in [7, 11) is 0. The van der Waals surface area contributed by atoms with Gasteiger partial charge in [0.25, 0.3) is 0 Å². The molecule has 0 saturated heterocycles. The van der Waals surface area contributed by atoms with Crippen molar-refractivity contribution in [3.63, 3.8) is 0 Å². The zero-order valence-electron chi connectivity index (χ0n) is 4.33. The van der Waals surface area contributed by atoms with Crippen LogP contribution in [0.2, 0.25) is 0 Å². The second-order valence-corrected chi connectivity index (χ2v) is 3.43. The first-order chi connectivity index (χ1) is 3.93. The monoisotopic (exact) mass is 142 g/mol. The van der Waals surface area contributed by atoms with Crippen molar-refractivity contribution >= 4 is 23.1 Å². The maximum absolute atomic E-state index is 3.61. The van der Waals surface area contributed by atoms with Crippen LogP contribution >= 0.6 is 23.1 Å². The van der Waals surface area contributed by atoms with E-state index in [4.69, 9.17) is 0 Å². The first kappa shape index (κ1) is 5.92. The molecule has 0 aliphatic rings. The van der Waals surface area contributed by atoms with Gasteiger partial charge in [0.2, 0.25) is 0 Å². The lowest BCUT2D eigenvalue weighted by Crippen LogP contribution is -1.45. The Morgan fingerprint density at radius 1 is 1.75 bits per heavy atom. The van der Waals surface area contributed by atoms with E-state index >= 15 is 0 Å². The fraction of sp³-hybridized carbons (Fsp3) is 0. The molecule has 0 N–H and O–H groups in total. The van der Waals surface area contributed by atoms with E-state index in [1.165, 1.54) is 4.21 Å². The van der Waals surface area contributed by atoms with E-state index in [-0.39, 0.29) is 0 Å². The van der Waals surface area contributed by atoms with Gasteiger partial charge in [-0.25, -0.2) is 0 Å². The molecular weight excluding hydrogens is 136 g/mol. The van der Waals surface area contributed by atoms with Crippen molar-refractivity contribution in [2.75, 3.05) is 0 Å². The van der Waals surface area contributed by atoms with Crippen LogP contribution in [0.5, 0.6) is 0 Å². The minimum atomic E-state index is 1.31. The smallest absolute Gasteiger partial charge is 0.0640 e. The Bertz CT molecular complexity index is 153. The zero-order chi connectivity index (χ0) is 5.82. The van der Waals surface area contributed by atoms with Crippen LogP contribution in [-0.2, 0) is 0 Å². The van der Waals surface area contributed by atoms with Crippen molar-refractivity contribution in [2.45, 2.75) is 4.21 Å². The first-order valence-electron chi connectivity index (χ1n) is 2.24. The maximum atomic E-state index is 3.61.